The van der Waals surface area contributed by atoms with Crippen molar-refractivity contribution in [3.05, 3.63) is 53.2 Å². The van der Waals surface area contributed by atoms with Crippen LogP contribution in [0.4, 0.5) is 5.69 Å². The van der Waals surface area contributed by atoms with Crippen LogP contribution in [0.25, 0.3) is 6.08 Å². The molecule has 0 radical (unpaired) electrons. The number of hydrogen-bond donors (Lipinski definition) is 1. The molecule has 2 aliphatic rings. The number of ether oxygens (including phenoxy) is 3. The number of nitrogens with zero attached hydrogens (tertiary/aromatic N) is 1. The van der Waals surface area contributed by atoms with Crippen LogP contribution in [-0.4, -0.2) is 31.3 Å². The summed E-state index contributed by atoms with van der Waals surface area (Å²) in [4.78, 5) is 14.5. The molecule has 0 aromatic heterocycles. The summed E-state index contributed by atoms with van der Waals surface area (Å²) in [6.45, 7) is 5.20. The van der Waals surface area contributed by atoms with Crippen LogP contribution in [-0.2, 0) is 4.79 Å². The van der Waals surface area contributed by atoms with Crippen LogP contribution in [0.5, 0.6) is 17.2 Å². The van der Waals surface area contributed by atoms with Gasteiger partial charge in [-0.2, -0.15) is 0 Å². The molecule has 0 bridgehead atoms. The molecule has 6 nitrogen and oxygen atoms in total. The van der Waals surface area contributed by atoms with Gasteiger partial charge in [-0.25, -0.2) is 0 Å². The van der Waals surface area contributed by atoms with Gasteiger partial charge in [0, 0.05) is 0 Å². The molecule has 2 aromatic carbocycles. The van der Waals surface area contributed by atoms with Crippen LogP contribution in [0.3, 0.4) is 0 Å². The fourth-order valence-corrected chi connectivity index (χ4v) is 3.62. The quantitative estimate of drug-likeness (QED) is 0.610. The maximum Gasteiger partial charge on any atom is 0.281 e. The highest BCUT2D eigenvalue weighted by molar-refractivity contribution is 7.80. The maximum atomic E-state index is 13.0. The Hall–Kier alpha value is -3.06. The number of methoxy groups -OCH3 is 1. The van der Waals surface area contributed by atoms with Crippen LogP contribution < -0.4 is 24.4 Å². The third-order valence-electron chi connectivity index (χ3n) is 4.86. The topological polar surface area (TPSA) is 60.0 Å². The van der Waals surface area contributed by atoms with Gasteiger partial charge in [0.25, 0.3) is 5.91 Å². The minimum atomic E-state index is -0.207. The van der Waals surface area contributed by atoms with E-state index in [0.29, 0.717) is 47.2 Å². The minimum Gasteiger partial charge on any atom is -0.493 e. The third kappa shape index (κ3) is 3.65. The average Bonchev–Trinajstić information content (AvgIpc) is 3.00. The fraction of sp³-hybridized carbons (Fsp3) is 0.273. The van der Waals surface area contributed by atoms with Crippen molar-refractivity contribution in [2.75, 3.05) is 25.2 Å². The fourth-order valence-electron chi connectivity index (χ4n) is 3.32. The molecule has 2 heterocycles. The Morgan fingerprint density at radius 1 is 1.17 bits per heavy atom. The number of anilines is 1. The molecular weight excluding hydrogens is 388 g/mol. The molecule has 150 valence electrons. The van der Waals surface area contributed by atoms with Gasteiger partial charge >= 0.3 is 0 Å². The predicted octanol–water partition coefficient (Wildman–Crippen LogP) is 3.85. The normalized spacial score (nSPS) is 17.1. The molecule has 7 heteroatoms. The summed E-state index contributed by atoms with van der Waals surface area (Å²) >= 11 is 5.41. The van der Waals surface area contributed by atoms with Gasteiger partial charge in [-0.1, -0.05) is 26.0 Å². The lowest BCUT2D eigenvalue weighted by Gasteiger charge is -2.21. The first-order valence-electron chi connectivity index (χ1n) is 9.42. The number of hydrogen-bond acceptors (Lipinski definition) is 5. The molecule has 1 N–H and O–H groups in total. The second kappa shape index (κ2) is 7.75. The van der Waals surface area contributed by atoms with E-state index >= 15 is 0 Å². The number of benzene rings is 2. The molecule has 2 aliphatic heterocycles. The van der Waals surface area contributed by atoms with E-state index in [1.807, 2.05) is 30.3 Å². The van der Waals surface area contributed by atoms with E-state index in [1.54, 1.807) is 19.3 Å². The van der Waals surface area contributed by atoms with Crippen molar-refractivity contribution in [3.63, 3.8) is 0 Å². The van der Waals surface area contributed by atoms with Gasteiger partial charge in [-0.3, -0.25) is 9.69 Å². The number of nitrogens with one attached hydrogen (secondary N) is 1. The molecule has 1 amide bonds. The Bertz CT molecular complexity index is 981. The van der Waals surface area contributed by atoms with Crippen LogP contribution in [0.2, 0.25) is 0 Å². The van der Waals surface area contributed by atoms with Crippen molar-refractivity contribution in [3.8, 4) is 17.2 Å². The van der Waals surface area contributed by atoms with Crippen molar-refractivity contribution < 1.29 is 19.0 Å². The van der Waals surface area contributed by atoms with E-state index in [0.717, 1.165) is 11.3 Å². The van der Waals surface area contributed by atoms with Gasteiger partial charge in [-0.05, 0) is 59.6 Å². The number of thiocarbonyl (C=S) groups is 1. The van der Waals surface area contributed by atoms with E-state index in [2.05, 4.69) is 19.2 Å². The third-order valence-corrected chi connectivity index (χ3v) is 5.14. The van der Waals surface area contributed by atoms with Gasteiger partial charge in [0.15, 0.2) is 16.6 Å². The zero-order valence-corrected chi connectivity index (χ0v) is 17.3. The molecule has 0 atom stereocenters. The summed E-state index contributed by atoms with van der Waals surface area (Å²) in [7, 11) is 1.57. The van der Waals surface area contributed by atoms with Crippen LogP contribution in [0.1, 0.15) is 30.9 Å². The molecule has 2 aromatic rings. The van der Waals surface area contributed by atoms with Crippen molar-refractivity contribution in [2.45, 2.75) is 19.8 Å². The Balaban J connectivity index is 1.64. The lowest BCUT2D eigenvalue weighted by molar-refractivity contribution is -0.113. The van der Waals surface area contributed by atoms with E-state index in [4.69, 9.17) is 26.4 Å². The summed E-state index contributed by atoms with van der Waals surface area (Å²) in [5.74, 6) is 1.94. The number of rotatable bonds is 4. The van der Waals surface area contributed by atoms with E-state index in [-0.39, 0.29) is 5.91 Å². The molecule has 29 heavy (non-hydrogen) atoms. The molecule has 0 spiro atoms. The van der Waals surface area contributed by atoms with Gasteiger partial charge in [0.2, 0.25) is 5.75 Å². The summed E-state index contributed by atoms with van der Waals surface area (Å²) in [5, 5.41) is 3.36. The second-order valence-corrected chi connectivity index (χ2v) is 7.51. The van der Waals surface area contributed by atoms with Crippen LogP contribution in [0, 0.1) is 0 Å². The minimum absolute atomic E-state index is 0.207. The lowest BCUT2D eigenvalue weighted by atomic mass is 10.0. The van der Waals surface area contributed by atoms with Gasteiger partial charge in [-0.15, -0.1) is 0 Å². The highest BCUT2D eigenvalue weighted by Crippen LogP contribution is 2.41. The monoisotopic (exact) mass is 410 g/mol. The lowest BCUT2D eigenvalue weighted by Crippen LogP contribution is -2.30. The Kier molecular flexibility index (Phi) is 5.15. The van der Waals surface area contributed by atoms with Crippen molar-refractivity contribution in [1.29, 1.82) is 0 Å². The van der Waals surface area contributed by atoms with Crippen LogP contribution >= 0.6 is 12.2 Å². The Morgan fingerprint density at radius 2 is 1.90 bits per heavy atom. The highest BCUT2D eigenvalue weighted by atomic mass is 32.1. The standard InChI is InChI=1S/C22H22N2O4S/c1-13(2)15-4-6-16(7-5-15)24-21(25)17(23-22(24)29)10-14-11-18(26-3)20-19(12-14)27-8-9-28-20/h4-7,10-13H,8-9H2,1-3H3,(H,23,29)/b17-10-. The molecule has 4 rings (SSSR count). The number of amides is 1. The Labute approximate surface area is 175 Å². The molecule has 0 unspecified atom stereocenters. The van der Waals surface area contributed by atoms with Crippen molar-refractivity contribution in [2.24, 2.45) is 0 Å². The average molecular weight is 410 g/mol. The van der Waals surface area contributed by atoms with Gasteiger partial charge < -0.3 is 19.5 Å². The van der Waals surface area contributed by atoms with Crippen molar-refractivity contribution >= 4 is 35.0 Å². The second-order valence-electron chi connectivity index (χ2n) is 7.12. The first kappa shape index (κ1) is 19.3. The van der Waals surface area contributed by atoms with Crippen molar-refractivity contribution in [1.82, 2.24) is 5.32 Å². The smallest absolute Gasteiger partial charge is 0.281 e. The molecule has 0 aliphatic carbocycles. The van der Waals surface area contributed by atoms with E-state index < -0.39 is 0 Å². The highest BCUT2D eigenvalue weighted by Gasteiger charge is 2.32. The SMILES string of the molecule is COc1cc(/C=C2\NC(=S)N(c3ccc(C(C)C)cc3)C2=O)cc2c1OCCO2. The largest absolute Gasteiger partial charge is 0.493 e. The Morgan fingerprint density at radius 3 is 2.59 bits per heavy atom. The number of carbonyl (C=O) groups excluding carboxylic acids is 1. The molecule has 1 fully saturated rings. The zero-order chi connectivity index (χ0) is 20.5. The summed E-state index contributed by atoms with van der Waals surface area (Å²) in [6.07, 6.45) is 1.73. The van der Waals surface area contributed by atoms with Gasteiger partial charge in [0.1, 0.15) is 18.9 Å². The van der Waals surface area contributed by atoms with E-state index in [1.165, 1.54) is 10.5 Å². The zero-order valence-electron chi connectivity index (χ0n) is 16.5. The molecule has 0 saturated carbocycles. The first-order chi connectivity index (χ1) is 14.0. The van der Waals surface area contributed by atoms with Gasteiger partial charge in [0.05, 0.1) is 12.8 Å². The molecule has 1 saturated heterocycles. The molecular formula is C22H22N2O4S. The summed E-state index contributed by atoms with van der Waals surface area (Å²) in [6, 6.07) is 11.5. The first-order valence-corrected chi connectivity index (χ1v) is 9.83. The van der Waals surface area contributed by atoms with Crippen LogP contribution in [0.15, 0.2) is 42.1 Å². The number of carbonyl (C=O) groups is 1. The number of fused-ring (bicyclic) bond motifs is 1. The van der Waals surface area contributed by atoms with E-state index in [9.17, 15) is 4.79 Å². The maximum absolute atomic E-state index is 13.0. The summed E-state index contributed by atoms with van der Waals surface area (Å²) < 4.78 is 16.7. The summed E-state index contributed by atoms with van der Waals surface area (Å²) in [5.41, 5.74) is 3.09. The predicted molar refractivity (Wildman–Crippen MR) is 116 cm³/mol.